The largest absolute Gasteiger partial charge is 0.439 e. The number of carbonyl (C=O) groups is 1. The zero-order valence-electron chi connectivity index (χ0n) is 19.0. The minimum absolute atomic E-state index is 0.0460. The smallest absolute Gasteiger partial charge is 0.255 e. The summed E-state index contributed by atoms with van der Waals surface area (Å²) in [6.07, 6.45) is 0. The summed E-state index contributed by atoms with van der Waals surface area (Å²) < 4.78 is 12.2. The van der Waals surface area contributed by atoms with E-state index in [0.717, 1.165) is 22.5 Å². The van der Waals surface area contributed by atoms with Gasteiger partial charge in [-0.2, -0.15) is 0 Å². The Morgan fingerprint density at radius 1 is 1.03 bits per heavy atom. The lowest BCUT2D eigenvalue weighted by Crippen LogP contribution is -2.36. The van der Waals surface area contributed by atoms with Crippen molar-refractivity contribution >= 4 is 44.8 Å². The summed E-state index contributed by atoms with van der Waals surface area (Å²) in [5, 5.41) is 4.86. The Morgan fingerprint density at radius 3 is 2.41 bits per heavy atom. The molecule has 0 bridgehead atoms. The Morgan fingerprint density at radius 2 is 1.74 bits per heavy atom. The van der Waals surface area contributed by atoms with Crippen LogP contribution >= 0.6 is 11.3 Å². The minimum atomic E-state index is -0.180. The van der Waals surface area contributed by atoms with E-state index in [9.17, 15) is 9.59 Å². The van der Waals surface area contributed by atoms with Gasteiger partial charge in [0.25, 0.3) is 5.91 Å². The highest BCUT2D eigenvalue weighted by Crippen LogP contribution is 2.34. The van der Waals surface area contributed by atoms with E-state index in [1.54, 1.807) is 18.2 Å². The number of rotatable bonds is 5. The van der Waals surface area contributed by atoms with Gasteiger partial charge in [0.1, 0.15) is 4.70 Å². The van der Waals surface area contributed by atoms with Crippen LogP contribution in [-0.2, 0) is 4.74 Å². The van der Waals surface area contributed by atoms with Crippen molar-refractivity contribution in [2.24, 2.45) is 0 Å². The molecule has 4 aromatic rings. The molecule has 0 spiro atoms. The SMILES string of the molecule is CN(C)c1ccc(NC(=O)c2ccc(-c3csc4c(=O)cc(N5CCOCC5)oc34)cc2)cc1. The maximum absolute atomic E-state index is 12.7. The number of hydrogen-bond donors (Lipinski definition) is 1. The fraction of sp³-hybridized carbons (Fsp3) is 0.231. The number of thiophene rings is 1. The molecule has 8 heteroatoms. The molecule has 0 radical (unpaired) electrons. The first-order valence-electron chi connectivity index (χ1n) is 11.1. The molecule has 0 saturated carbocycles. The summed E-state index contributed by atoms with van der Waals surface area (Å²) >= 11 is 1.37. The molecular formula is C26H25N3O4S. The van der Waals surface area contributed by atoms with E-state index < -0.39 is 0 Å². The average molecular weight is 476 g/mol. The standard InChI is InChI=1S/C26H25N3O4S/c1-28(2)20-9-7-19(8-10-20)27-26(31)18-5-3-17(4-6-18)21-16-34-25-22(30)15-23(33-24(21)25)29-11-13-32-14-12-29/h3-10,15-16H,11-14H2,1-2H3,(H,27,31). The first-order valence-corrected chi connectivity index (χ1v) is 11.9. The molecule has 0 aliphatic carbocycles. The molecule has 1 aliphatic rings. The van der Waals surface area contributed by atoms with Crippen LogP contribution in [0.5, 0.6) is 0 Å². The number of morpholine rings is 1. The Balaban J connectivity index is 1.38. The second-order valence-electron chi connectivity index (χ2n) is 8.33. The molecule has 2 aromatic heterocycles. The van der Waals surface area contributed by atoms with Crippen molar-refractivity contribution in [1.29, 1.82) is 0 Å². The minimum Gasteiger partial charge on any atom is -0.439 e. The number of anilines is 3. The van der Waals surface area contributed by atoms with E-state index in [1.165, 1.54) is 11.3 Å². The number of carbonyl (C=O) groups excluding carboxylic acids is 1. The van der Waals surface area contributed by atoms with Crippen molar-refractivity contribution in [3.63, 3.8) is 0 Å². The third-order valence-corrected chi connectivity index (χ3v) is 6.83. The number of nitrogens with zero attached hydrogens (tertiary/aromatic N) is 2. The van der Waals surface area contributed by atoms with Crippen molar-refractivity contribution in [1.82, 2.24) is 0 Å². The van der Waals surface area contributed by atoms with Crippen LogP contribution in [-0.4, -0.2) is 46.3 Å². The summed E-state index contributed by atoms with van der Waals surface area (Å²) in [4.78, 5) is 29.4. The molecule has 0 atom stereocenters. The van der Waals surface area contributed by atoms with Gasteiger partial charge in [-0.15, -0.1) is 11.3 Å². The summed E-state index contributed by atoms with van der Waals surface area (Å²) in [5.74, 6) is 0.386. The molecule has 1 fully saturated rings. The summed E-state index contributed by atoms with van der Waals surface area (Å²) in [6, 6.07) is 16.6. The molecule has 1 N–H and O–H groups in total. The number of amides is 1. The van der Waals surface area contributed by atoms with Crippen LogP contribution in [0.25, 0.3) is 21.4 Å². The zero-order chi connectivity index (χ0) is 23.7. The normalized spacial score (nSPS) is 13.8. The summed E-state index contributed by atoms with van der Waals surface area (Å²) in [6.45, 7) is 2.61. The Bertz CT molecular complexity index is 1370. The van der Waals surface area contributed by atoms with Gasteiger partial charge in [0, 0.05) is 61.1 Å². The van der Waals surface area contributed by atoms with Gasteiger partial charge < -0.3 is 24.3 Å². The predicted octanol–water partition coefficient (Wildman–Crippen LogP) is 4.68. The van der Waals surface area contributed by atoms with E-state index in [4.69, 9.17) is 9.15 Å². The molecule has 3 heterocycles. The maximum Gasteiger partial charge on any atom is 0.255 e. The van der Waals surface area contributed by atoms with Gasteiger partial charge in [-0.05, 0) is 42.0 Å². The van der Waals surface area contributed by atoms with Crippen LogP contribution in [0.1, 0.15) is 10.4 Å². The third kappa shape index (κ3) is 4.42. The van der Waals surface area contributed by atoms with E-state index in [-0.39, 0.29) is 11.3 Å². The van der Waals surface area contributed by atoms with E-state index in [2.05, 4.69) is 5.32 Å². The van der Waals surface area contributed by atoms with E-state index in [1.807, 2.05) is 65.7 Å². The van der Waals surface area contributed by atoms with Gasteiger partial charge in [0.05, 0.1) is 13.2 Å². The number of ether oxygens (including phenoxy) is 1. The highest BCUT2D eigenvalue weighted by molar-refractivity contribution is 7.17. The first-order chi connectivity index (χ1) is 16.5. The number of fused-ring (bicyclic) bond motifs is 1. The van der Waals surface area contributed by atoms with E-state index >= 15 is 0 Å². The second-order valence-corrected chi connectivity index (χ2v) is 9.21. The highest BCUT2D eigenvalue weighted by atomic mass is 32.1. The van der Waals surface area contributed by atoms with Crippen LogP contribution < -0.4 is 20.5 Å². The predicted molar refractivity (Wildman–Crippen MR) is 138 cm³/mol. The van der Waals surface area contributed by atoms with Crippen molar-refractivity contribution < 1.29 is 13.9 Å². The van der Waals surface area contributed by atoms with Crippen molar-refractivity contribution in [3.8, 4) is 11.1 Å². The van der Waals surface area contributed by atoms with Gasteiger partial charge in [-0.1, -0.05) is 12.1 Å². The molecule has 1 aliphatic heterocycles. The molecule has 1 amide bonds. The maximum atomic E-state index is 12.7. The van der Waals surface area contributed by atoms with Gasteiger partial charge in [0.2, 0.25) is 5.43 Å². The topological polar surface area (TPSA) is 75.0 Å². The Kier molecular flexibility index (Phi) is 6.08. The highest BCUT2D eigenvalue weighted by Gasteiger charge is 2.19. The van der Waals surface area contributed by atoms with Gasteiger partial charge in [0.15, 0.2) is 11.5 Å². The fourth-order valence-electron chi connectivity index (χ4n) is 3.92. The molecular weight excluding hydrogens is 450 g/mol. The lowest BCUT2D eigenvalue weighted by Gasteiger charge is -2.27. The fourth-order valence-corrected chi connectivity index (χ4v) is 4.83. The number of benzene rings is 2. The molecule has 0 unspecified atom stereocenters. The Hall–Kier alpha value is -3.62. The lowest BCUT2D eigenvalue weighted by atomic mass is 10.1. The lowest BCUT2D eigenvalue weighted by molar-refractivity contribution is 0.102. The van der Waals surface area contributed by atoms with Crippen LogP contribution in [0.2, 0.25) is 0 Å². The first kappa shape index (κ1) is 22.2. The average Bonchev–Trinajstić information content (AvgIpc) is 3.30. The van der Waals surface area contributed by atoms with Crippen molar-refractivity contribution in [2.45, 2.75) is 0 Å². The molecule has 34 heavy (non-hydrogen) atoms. The third-order valence-electron chi connectivity index (χ3n) is 5.85. The molecule has 2 aromatic carbocycles. The van der Waals surface area contributed by atoms with Gasteiger partial charge >= 0.3 is 0 Å². The summed E-state index contributed by atoms with van der Waals surface area (Å²) in [7, 11) is 3.95. The zero-order valence-corrected chi connectivity index (χ0v) is 19.9. The van der Waals surface area contributed by atoms with Gasteiger partial charge in [-0.3, -0.25) is 9.59 Å². The molecule has 7 nitrogen and oxygen atoms in total. The van der Waals surface area contributed by atoms with Crippen LogP contribution in [0, 0.1) is 0 Å². The summed E-state index contributed by atoms with van der Waals surface area (Å²) in [5.41, 5.74) is 4.62. The van der Waals surface area contributed by atoms with Crippen LogP contribution in [0.3, 0.4) is 0 Å². The quantitative estimate of drug-likeness (QED) is 0.452. The van der Waals surface area contributed by atoms with Crippen molar-refractivity contribution in [3.05, 3.63) is 75.8 Å². The Labute approximate surface area is 201 Å². The monoisotopic (exact) mass is 475 g/mol. The molecule has 174 valence electrons. The van der Waals surface area contributed by atoms with Crippen molar-refractivity contribution in [2.75, 3.05) is 55.5 Å². The van der Waals surface area contributed by atoms with Gasteiger partial charge in [-0.25, -0.2) is 0 Å². The van der Waals surface area contributed by atoms with Crippen LogP contribution in [0.4, 0.5) is 17.3 Å². The molecule has 5 rings (SSSR count). The second kappa shape index (κ2) is 9.32. The number of hydrogen-bond acceptors (Lipinski definition) is 7. The number of nitrogens with one attached hydrogen (secondary N) is 1. The van der Waals surface area contributed by atoms with E-state index in [0.29, 0.717) is 48.0 Å². The molecule has 1 saturated heterocycles. The van der Waals surface area contributed by atoms with Crippen LogP contribution in [0.15, 0.2) is 69.2 Å².